The van der Waals surface area contributed by atoms with E-state index in [2.05, 4.69) is 15.6 Å². The molecule has 0 bridgehead atoms. The third-order valence-electron chi connectivity index (χ3n) is 4.36. The molecule has 9 nitrogen and oxygen atoms in total. The van der Waals surface area contributed by atoms with Crippen molar-refractivity contribution in [2.45, 2.75) is 25.1 Å². The summed E-state index contributed by atoms with van der Waals surface area (Å²) in [7, 11) is 1.57. The van der Waals surface area contributed by atoms with Gasteiger partial charge in [0.25, 0.3) is 5.69 Å². The number of thioether (sulfide) groups is 1. The van der Waals surface area contributed by atoms with Gasteiger partial charge in [0.05, 0.1) is 18.6 Å². The van der Waals surface area contributed by atoms with Crippen molar-refractivity contribution < 1.29 is 19.2 Å². The maximum absolute atomic E-state index is 12.4. The highest BCUT2D eigenvalue weighted by Gasteiger charge is 2.32. The number of benzene rings is 2. The van der Waals surface area contributed by atoms with Crippen LogP contribution in [-0.4, -0.2) is 34.3 Å². The molecule has 1 unspecified atom stereocenters. The number of hydrogen-bond acceptors (Lipinski definition) is 7. The smallest absolute Gasteiger partial charge is 0.293 e. The number of nitro benzene ring substituents is 1. The number of amides is 2. The number of nitrogens with one attached hydrogen (secondary N) is 2. The third-order valence-corrected chi connectivity index (χ3v) is 5.48. The highest BCUT2D eigenvalue weighted by atomic mass is 32.2. The van der Waals surface area contributed by atoms with Gasteiger partial charge in [-0.1, -0.05) is 36.0 Å². The molecule has 0 saturated carbocycles. The largest absolute Gasteiger partial charge is 0.496 e. The Balaban J connectivity index is 1.62. The first-order chi connectivity index (χ1) is 14.4. The highest BCUT2D eigenvalue weighted by molar-refractivity contribution is 8.15. The maximum Gasteiger partial charge on any atom is 0.293 e. The van der Waals surface area contributed by atoms with Gasteiger partial charge in [-0.2, -0.15) is 0 Å². The Labute approximate surface area is 177 Å². The zero-order chi connectivity index (χ0) is 21.7. The number of amidine groups is 1. The fraction of sp³-hybridized carbons (Fsp3) is 0.250. The molecule has 1 aliphatic heterocycles. The Morgan fingerprint density at radius 2 is 2.10 bits per heavy atom. The number of carbonyl (C=O) groups excluding carboxylic acids is 2. The Morgan fingerprint density at radius 3 is 2.83 bits per heavy atom. The minimum atomic E-state index is -0.661. The van der Waals surface area contributed by atoms with Gasteiger partial charge in [0.15, 0.2) is 5.17 Å². The predicted octanol–water partition coefficient (Wildman–Crippen LogP) is 3.03. The molecule has 1 atom stereocenters. The Kier molecular flexibility index (Phi) is 6.68. The fourth-order valence-corrected chi connectivity index (χ4v) is 3.84. The molecule has 1 fully saturated rings. The lowest BCUT2D eigenvalue weighted by Crippen LogP contribution is -2.28. The van der Waals surface area contributed by atoms with Gasteiger partial charge in [0.1, 0.15) is 16.7 Å². The van der Waals surface area contributed by atoms with E-state index >= 15 is 0 Å². The van der Waals surface area contributed by atoms with Crippen LogP contribution < -0.4 is 15.4 Å². The predicted molar refractivity (Wildman–Crippen MR) is 115 cm³/mol. The molecule has 2 aromatic rings. The molecule has 3 rings (SSSR count). The van der Waals surface area contributed by atoms with Crippen molar-refractivity contribution in [3.05, 3.63) is 63.7 Å². The first kappa shape index (κ1) is 21.3. The van der Waals surface area contributed by atoms with E-state index in [4.69, 9.17) is 4.74 Å². The second-order valence-corrected chi connectivity index (χ2v) is 7.75. The second kappa shape index (κ2) is 9.40. The molecule has 10 heteroatoms. The third kappa shape index (κ3) is 5.15. The number of hydrogen-bond donors (Lipinski definition) is 2. The lowest BCUT2D eigenvalue weighted by atomic mass is 10.2. The van der Waals surface area contributed by atoms with Gasteiger partial charge in [0.2, 0.25) is 11.8 Å². The van der Waals surface area contributed by atoms with Crippen molar-refractivity contribution in [2.75, 3.05) is 12.4 Å². The molecule has 156 valence electrons. The lowest BCUT2D eigenvalue weighted by Gasteiger charge is -2.08. The molecular formula is C20H20N4O5S. The van der Waals surface area contributed by atoms with Gasteiger partial charge in [-0.25, -0.2) is 0 Å². The van der Waals surface area contributed by atoms with Crippen LogP contribution in [-0.2, 0) is 16.1 Å². The number of para-hydroxylation sites is 1. The number of rotatable bonds is 7. The number of nitrogens with zero attached hydrogens (tertiary/aromatic N) is 2. The van der Waals surface area contributed by atoms with E-state index in [0.717, 1.165) is 17.3 Å². The minimum Gasteiger partial charge on any atom is -0.496 e. The molecule has 1 aliphatic rings. The zero-order valence-electron chi connectivity index (χ0n) is 16.4. The summed E-state index contributed by atoms with van der Waals surface area (Å²) in [5.41, 5.74) is 1.49. The number of aryl methyl sites for hydroxylation is 1. The molecule has 0 aromatic heterocycles. The molecule has 1 heterocycles. The molecule has 0 radical (unpaired) electrons. The molecule has 2 aromatic carbocycles. The number of carbonyl (C=O) groups is 2. The van der Waals surface area contributed by atoms with Crippen LogP contribution in [0.1, 0.15) is 17.5 Å². The SMILES string of the molecule is COc1ccccc1CN=C1NC(=O)C(CC(=O)Nc2ccc(C)cc2[N+](=O)[O-])S1. The van der Waals surface area contributed by atoms with E-state index in [0.29, 0.717) is 23.0 Å². The Hall–Kier alpha value is -3.40. The van der Waals surface area contributed by atoms with E-state index in [9.17, 15) is 19.7 Å². The molecule has 30 heavy (non-hydrogen) atoms. The van der Waals surface area contributed by atoms with Crippen LogP contribution in [0.3, 0.4) is 0 Å². The van der Waals surface area contributed by atoms with Crippen LogP contribution in [0.2, 0.25) is 0 Å². The summed E-state index contributed by atoms with van der Waals surface area (Å²) < 4.78 is 5.28. The van der Waals surface area contributed by atoms with Crippen molar-refractivity contribution in [3.8, 4) is 5.75 Å². The van der Waals surface area contributed by atoms with Gasteiger partial charge in [-0.05, 0) is 24.6 Å². The number of nitro groups is 1. The first-order valence-electron chi connectivity index (χ1n) is 9.06. The minimum absolute atomic E-state index is 0.101. The van der Waals surface area contributed by atoms with Gasteiger partial charge in [-0.3, -0.25) is 24.7 Å². The van der Waals surface area contributed by atoms with Crippen LogP contribution in [0.5, 0.6) is 5.75 Å². The average molecular weight is 428 g/mol. The molecule has 2 N–H and O–H groups in total. The summed E-state index contributed by atoms with van der Waals surface area (Å²) in [5, 5.41) is 16.1. The van der Waals surface area contributed by atoms with E-state index in [1.807, 2.05) is 24.3 Å². The Morgan fingerprint density at radius 1 is 1.33 bits per heavy atom. The van der Waals surface area contributed by atoms with E-state index < -0.39 is 16.1 Å². The van der Waals surface area contributed by atoms with Gasteiger partial charge < -0.3 is 15.4 Å². The quantitative estimate of drug-likeness (QED) is 0.516. The topological polar surface area (TPSA) is 123 Å². The number of anilines is 1. The normalized spacial score (nSPS) is 16.9. The number of aliphatic imine (C=N–C) groups is 1. The maximum atomic E-state index is 12.4. The van der Waals surface area contributed by atoms with Crippen molar-refractivity contribution in [2.24, 2.45) is 4.99 Å². The summed E-state index contributed by atoms with van der Waals surface area (Å²) in [6.07, 6.45) is -0.130. The van der Waals surface area contributed by atoms with Gasteiger partial charge in [0, 0.05) is 18.1 Å². The van der Waals surface area contributed by atoms with Crippen LogP contribution in [0.4, 0.5) is 11.4 Å². The van der Waals surface area contributed by atoms with Crippen molar-refractivity contribution in [3.63, 3.8) is 0 Å². The van der Waals surface area contributed by atoms with Crippen molar-refractivity contribution >= 4 is 40.1 Å². The zero-order valence-corrected chi connectivity index (χ0v) is 17.2. The Bertz CT molecular complexity index is 1020. The average Bonchev–Trinajstić information content (AvgIpc) is 3.06. The van der Waals surface area contributed by atoms with E-state index in [1.54, 1.807) is 20.1 Å². The summed E-state index contributed by atoms with van der Waals surface area (Å²) in [4.78, 5) is 39.6. The lowest BCUT2D eigenvalue weighted by molar-refractivity contribution is -0.384. The molecule has 2 amide bonds. The highest BCUT2D eigenvalue weighted by Crippen LogP contribution is 2.28. The fourth-order valence-electron chi connectivity index (χ4n) is 2.87. The van der Waals surface area contributed by atoms with Crippen LogP contribution in [0, 0.1) is 17.0 Å². The summed E-state index contributed by atoms with van der Waals surface area (Å²) in [6, 6.07) is 12.0. The van der Waals surface area contributed by atoms with Gasteiger partial charge in [-0.15, -0.1) is 0 Å². The molecule has 1 saturated heterocycles. The van der Waals surface area contributed by atoms with Gasteiger partial charge >= 0.3 is 0 Å². The molecule has 0 aliphatic carbocycles. The van der Waals surface area contributed by atoms with Crippen LogP contribution in [0.15, 0.2) is 47.5 Å². The second-order valence-electron chi connectivity index (χ2n) is 6.56. The van der Waals surface area contributed by atoms with Crippen LogP contribution in [0.25, 0.3) is 0 Å². The summed E-state index contributed by atoms with van der Waals surface area (Å²) >= 11 is 1.16. The monoisotopic (exact) mass is 428 g/mol. The van der Waals surface area contributed by atoms with Crippen molar-refractivity contribution in [1.29, 1.82) is 0 Å². The number of methoxy groups -OCH3 is 1. The van der Waals surface area contributed by atoms with Crippen molar-refractivity contribution in [1.82, 2.24) is 5.32 Å². The summed E-state index contributed by atoms with van der Waals surface area (Å²) in [5.74, 6) is -0.111. The molecular weight excluding hydrogens is 408 g/mol. The van der Waals surface area contributed by atoms with E-state index in [1.165, 1.54) is 12.1 Å². The van der Waals surface area contributed by atoms with E-state index in [-0.39, 0.29) is 23.7 Å². The first-order valence-corrected chi connectivity index (χ1v) is 9.94. The van der Waals surface area contributed by atoms with Crippen LogP contribution >= 0.6 is 11.8 Å². The summed E-state index contributed by atoms with van der Waals surface area (Å²) in [6.45, 7) is 2.05. The standard InChI is InChI=1S/C20H20N4O5S/c1-12-7-8-14(15(9-12)24(27)28)22-18(25)10-17-19(26)23-20(30-17)21-11-13-5-3-4-6-16(13)29-2/h3-9,17H,10-11H2,1-2H3,(H,22,25)(H,21,23,26). The number of ether oxygens (including phenoxy) is 1. The molecule has 0 spiro atoms.